The Morgan fingerprint density at radius 2 is 1.90 bits per heavy atom. The number of benzene rings is 1. The third kappa shape index (κ3) is 4.89. The van der Waals surface area contributed by atoms with Crippen LogP contribution in [-0.2, 0) is 14.9 Å². The lowest BCUT2D eigenvalue weighted by atomic mass is 9.63. The van der Waals surface area contributed by atoms with Crippen molar-refractivity contribution in [1.29, 1.82) is 0 Å². The summed E-state index contributed by atoms with van der Waals surface area (Å²) in [4.78, 5) is 28.0. The van der Waals surface area contributed by atoms with Crippen molar-refractivity contribution in [2.24, 2.45) is 5.92 Å². The zero-order valence-corrected chi connectivity index (χ0v) is 19.1. The van der Waals surface area contributed by atoms with Gasteiger partial charge in [-0.25, -0.2) is 4.79 Å². The minimum Gasteiger partial charge on any atom is -0.453 e. The molecule has 1 aliphatic carbocycles. The van der Waals surface area contributed by atoms with Crippen LogP contribution in [0, 0.1) is 5.92 Å². The molecule has 2 unspecified atom stereocenters. The molecule has 0 radical (unpaired) electrons. The van der Waals surface area contributed by atoms with Crippen molar-refractivity contribution in [2.75, 3.05) is 39.8 Å². The van der Waals surface area contributed by atoms with Crippen molar-refractivity contribution in [1.82, 2.24) is 15.1 Å². The lowest BCUT2D eigenvalue weighted by Crippen LogP contribution is -2.47. The Kier molecular flexibility index (Phi) is 6.85. The van der Waals surface area contributed by atoms with E-state index in [1.54, 1.807) is 6.92 Å². The first-order valence-corrected chi connectivity index (χ1v) is 11.9. The summed E-state index contributed by atoms with van der Waals surface area (Å²) in [5, 5.41) is 3.15. The summed E-state index contributed by atoms with van der Waals surface area (Å²) in [5.41, 5.74) is 3.04. The standard InChI is InChI=1S/C25H37N3O3/c1-19(29)26-23-9-11-25(22-8-4-3-7-21(22)23)12-16-27(17-13-25)15-10-20-6-5-14-28(18-20)24(30)31-2/h3-4,7-8,20,23H,5-6,9-18H2,1-2H3,(H,26,29). The van der Waals surface area contributed by atoms with Crippen LogP contribution in [0.25, 0.3) is 0 Å². The van der Waals surface area contributed by atoms with Gasteiger partial charge in [-0.3, -0.25) is 4.79 Å². The van der Waals surface area contributed by atoms with Gasteiger partial charge in [-0.15, -0.1) is 0 Å². The Balaban J connectivity index is 1.33. The SMILES string of the molecule is COC(=O)N1CCCC(CCN2CCC3(CCC(NC(C)=O)c4ccccc43)CC2)C1. The van der Waals surface area contributed by atoms with Crippen LogP contribution in [0.3, 0.4) is 0 Å². The number of hydrogen-bond acceptors (Lipinski definition) is 4. The molecule has 170 valence electrons. The number of methoxy groups -OCH3 is 1. The number of piperidine rings is 2. The van der Waals surface area contributed by atoms with Crippen LogP contribution < -0.4 is 5.32 Å². The fraction of sp³-hybridized carbons (Fsp3) is 0.680. The summed E-state index contributed by atoms with van der Waals surface area (Å²) < 4.78 is 4.91. The first kappa shape index (κ1) is 22.1. The summed E-state index contributed by atoms with van der Waals surface area (Å²) in [5.74, 6) is 0.636. The largest absolute Gasteiger partial charge is 0.453 e. The number of rotatable bonds is 4. The van der Waals surface area contributed by atoms with Gasteiger partial charge in [0.05, 0.1) is 13.2 Å². The highest BCUT2D eigenvalue weighted by molar-refractivity contribution is 5.73. The molecular weight excluding hydrogens is 390 g/mol. The van der Waals surface area contributed by atoms with Gasteiger partial charge in [0.25, 0.3) is 0 Å². The van der Waals surface area contributed by atoms with E-state index in [0.717, 1.165) is 58.4 Å². The molecule has 6 heteroatoms. The second kappa shape index (κ2) is 9.60. The molecule has 6 nitrogen and oxygen atoms in total. The van der Waals surface area contributed by atoms with Crippen LogP contribution in [-0.4, -0.2) is 61.6 Å². The van der Waals surface area contributed by atoms with Gasteiger partial charge in [-0.05, 0) is 87.0 Å². The van der Waals surface area contributed by atoms with Crippen molar-refractivity contribution in [3.05, 3.63) is 35.4 Å². The summed E-state index contributed by atoms with van der Waals surface area (Å²) in [6, 6.07) is 8.91. The predicted octanol–water partition coefficient (Wildman–Crippen LogP) is 3.86. The summed E-state index contributed by atoms with van der Waals surface area (Å²) in [6.45, 7) is 6.66. The van der Waals surface area contributed by atoms with Crippen molar-refractivity contribution >= 4 is 12.0 Å². The van der Waals surface area contributed by atoms with Crippen LogP contribution in [0.4, 0.5) is 4.79 Å². The Labute approximate surface area is 186 Å². The van der Waals surface area contributed by atoms with Crippen LogP contribution in [0.15, 0.2) is 24.3 Å². The number of fused-ring (bicyclic) bond motifs is 2. The lowest BCUT2D eigenvalue weighted by molar-refractivity contribution is -0.119. The van der Waals surface area contributed by atoms with Gasteiger partial charge in [-0.2, -0.15) is 0 Å². The molecule has 0 aromatic heterocycles. The number of carbonyl (C=O) groups excluding carboxylic acids is 2. The second-order valence-electron chi connectivity index (χ2n) is 9.71. The fourth-order valence-corrected chi connectivity index (χ4v) is 6.07. The molecule has 2 fully saturated rings. The van der Waals surface area contributed by atoms with Crippen LogP contribution in [0.1, 0.15) is 69.0 Å². The van der Waals surface area contributed by atoms with Crippen molar-refractivity contribution in [3.63, 3.8) is 0 Å². The van der Waals surface area contributed by atoms with Gasteiger partial charge in [0.1, 0.15) is 0 Å². The Bertz CT molecular complexity index is 788. The maximum Gasteiger partial charge on any atom is 0.409 e. The van der Waals surface area contributed by atoms with E-state index < -0.39 is 0 Å². The van der Waals surface area contributed by atoms with E-state index in [1.807, 2.05) is 4.90 Å². The average molecular weight is 428 g/mol. The second-order valence-corrected chi connectivity index (χ2v) is 9.71. The maximum absolute atomic E-state index is 11.8. The molecule has 2 amide bonds. The van der Waals surface area contributed by atoms with Crippen LogP contribution in [0.2, 0.25) is 0 Å². The van der Waals surface area contributed by atoms with Crippen LogP contribution >= 0.6 is 0 Å². The number of likely N-dealkylation sites (tertiary alicyclic amines) is 2. The van der Waals surface area contributed by atoms with Gasteiger partial charge < -0.3 is 19.9 Å². The Morgan fingerprint density at radius 1 is 1.13 bits per heavy atom. The number of nitrogens with one attached hydrogen (secondary N) is 1. The lowest BCUT2D eigenvalue weighted by Gasteiger charge is -2.47. The molecule has 2 heterocycles. The first-order chi connectivity index (χ1) is 15.0. The van der Waals surface area contributed by atoms with E-state index >= 15 is 0 Å². The Hall–Kier alpha value is -2.08. The molecule has 0 saturated carbocycles. The smallest absolute Gasteiger partial charge is 0.409 e. The van der Waals surface area contributed by atoms with Gasteiger partial charge >= 0.3 is 6.09 Å². The van der Waals surface area contributed by atoms with Crippen molar-refractivity contribution < 1.29 is 14.3 Å². The van der Waals surface area contributed by atoms with Gasteiger partial charge in [0.15, 0.2) is 0 Å². The third-order valence-electron chi connectivity index (χ3n) is 7.82. The zero-order valence-electron chi connectivity index (χ0n) is 19.1. The molecule has 3 aliphatic rings. The minimum atomic E-state index is -0.182. The van der Waals surface area contributed by atoms with Crippen molar-refractivity contribution in [2.45, 2.75) is 63.3 Å². The van der Waals surface area contributed by atoms with E-state index in [4.69, 9.17) is 4.74 Å². The molecule has 1 N–H and O–H groups in total. The molecular formula is C25H37N3O3. The van der Waals surface area contributed by atoms with E-state index in [0.29, 0.717) is 5.92 Å². The number of ether oxygens (including phenoxy) is 1. The van der Waals surface area contributed by atoms with Gasteiger partial charge in [0, 0.05) is 20.0 Å². The summed E-state index contributed by atoms with van der Waals surface area (Å²) in [6.07, 6.45) is 7.82. The topological polar surface area (TPSA) is 61.9 Å². The van der Waals surface area contributed by atoms with E-state index in [2.05, 4.69) is 34.5 Å². The monoisotopic (exact) mass is 427 g/mol. The maximum atomic E-state index is 11.8. The van der Waals surface area contributed by atoms with Crippen molar-refractivity contribution in [3.8, 4) is 0 Å². The third-order valence-corrected chi connectivity index (χ3v) is 7.82. The van der Waals surface area contributed by atoms with E-state index in [1.165, 1.54) is 37.5 Å². The zero-order chi connectivity index (χ0) is 21.8. The first-order valence-electron chi connectivity index (χ1n) is 11.9. The number of hydrogen-bond donors (Lipinski definition) is 1. The van der Waals surface area contributed by atoms with E-state index in [9.17, 15) is 9.59 Å². The molecule has 1 aromatic rings. The highest BCUT2D eigenvalue weighted by Gasteiger charge is 2.42. The Morgan fingerprint density at radius 3 is 2.65 bits per heavy atom. The highest BCUT2D eigenvalue weighted by atomic mass is 16.5. The summed E-state index contributed by atoms with van der Waals surface area (Å²) in [7, 11) is 1.47. The predicted molar refractivity (Wildman–Crippen MR) is 121 cm³/mol. The average Bonchev–Trinajstić information content (AvgIpc) is 2.80. The number of amides is 2. The molecule has 2 atom stereocenters. The molecule has 1 spiro atoms. The summed E-state index contributed by atoms with van der Waals surface area (Å²) >= 11 is 0. The molecule has 31 heavy (non-hydrogen) atoms. The highest BCUT2D eigenvalue weighted by Crippen LogP contribution is 2.47. The molecule has 0 bridgehead atoms. The molecule has 2 aliphatic heterocycles. The number of nitrogens with zero attached hydrogens (tertiary/aromatic N) is 2. The van der Waals surface area contributed by atoms with E-state index in [-0.39, 0.29) is 23.5 Å². The normalized spacial score (nSPS) is 25.7. The van der Waals surface area contributed by atoms with Gasteiger partial charge in [0.2, 0.25) is 5.91 Å². The minimum absolute atomic E-state index is 0.0547. The quantitative estimate of drug-likeness (QED) is 0.793. The molecule has 2 saturated heterocycles. The molecule has 4 rings (SSSR count). The fourth-order valence-electron chi connectivity index (χ4n) is 6.07. The molecule has 1 aromatic carbocycles. The van der Waals surface area contributed by atoms with Crippen LogP contribution in [0.5, 0.6) is 0 Å². The van der Waals surface area contributed by atoms with Gasteiger partial charge in [-0.1, -0.05) is 24.3 Å². The number of carbonyl (C=O) groups is 2.